The highest BCUT2D eigenvalue weighted by molar-refractivity contribution is 5.97. The fraction of sp³-hybridized carbons (Fsp3) is 0.429. The van der Waals surface area contributed by atoms with Crippen LogP contribution in [0.3, 0.4) is 0 Å². The van der Waals surface area contributed by atoms with Crippen LogP contribution in [0.2, 0.25) is 0 Å². The Morgan fingerprint density at radius 3 is 2.67 bits per heavy atom. The first-order valence-corrected chi connectivity index (χ1v) is 5.93. The summed E-state index contributed by atoms with van der Waals surface area (Å²) in [6.45, 7) is 4.30. The maximum Gasteiger partial charge on any atom is 0.255 e. The number of carbonyl (C=O) groups excluding carboxylic acids is 1. The maximum atomic E-state index is 11.8. The Kier molecular flexibility index (Phi) is 5.65. The van der Waals surface area contributed by atoms with Crippen LogP contribution in [0.15, 0.2) is 18.2 Å². The van der Waals surface area contributed by atoms with Crippen LogP contribution >= 0.6 is 0 Å². The number of nitrogens with one attached hydrogen (secondary N) is 1. The minimum absolute atomic E-state index is 0.0733. The van der Waals surface area contributed by atoms with Crippen molar-refractivity contribution in [3.63, 3.8) is 0 Å². The van der Waals surface area contributed by atoms with Crippen molar-refractivity contribution in [3.05, 3.63) is 35.2 Å². The first-order valence-electron chi connectivity index (χ1n) is 5.93. The Labute approximate surface area is 108 Å². The number of aliphatic hydroxyl groups excluding tert-OH is 1. The van der Waals surface area contributed by atoms with Gasteiger partial charge in [0.05, 0.1) is 19.3 Å². The second-order valence-electron chi connectivity index (χ2n) is 4.40. The summed E-state index contributed by atoms with van der Waals surface area (Å²) in [7, 11) is 1.55. The first-order chi connectivity index (χ1) is 8.58. The van der Waals surface area contributed by atoms with Gasteiger partial charge < -0.3 is 15.2 Å². The minimum atomic E-state index is -0.232. The molecule has 0 saturated carbocycles. The van der Waals surface area contributed by atoms with Crippen molar-refractivity contribution in [1.82, 2.24) is 5.32 Å². The second-order valence-corrected chi connectivity index (χ2v) is 4.40. The number of rotatable bonds is 6. The van der Waals surface area contributed by atoms with Crippen molar-refractivity contribution < 1.29 is 14.6 Å². The van der Waals surface area contributed by atoms with Gasteiger partial charge in [-0.05, 0) is 30.0 Å². The van der Waals surface area contributed by atoms with Crippen molar-refractivity contribution in [2.75, 3.05) is 20.3 Å². The topological polar surface area (TPSA) is 58.6 Å². The van der Waals surface area contributed by atoms with Gasteiger partial charge in [0.15, 0.2) is 0 Å². The molecule has 4 nitrogen and oxygen atoms in total. The van der Waals surface area contributed by atoms with Crippen LogP contribution < -0.4 is 10.1 Å². The van der Waals surface area contributed by atoms with Crippen molar-refractivity contribution in [3.8, 4) is 5.75 Å². The number of carbonyl (C=O) groups is 1. The highest BCUT2D eigenvalue weighted by Gasteiger charge is 2.12. The van der Waals surface area contributed by atoms with Crippen LogP contribution in [0.5, 0.6) is 5.75 Å². The molecular formula is C14H20NO3. The lowest BCUT2D eigenvalue weighted by molar-refractivity contribution is 0.0941. The molecule has 0 spiro atoms. The van der Waals surface area contributed by atoms with Crippen LogP contribution in [0.4, 0.5) is 0 Å². The zero-order valence-corrected chi connectivity index (χ0v) is 11.1. The second kappa shape index (κ2) is 7.01. The van der Waals surface area contributed by atoms with Gasteiger partial charge in [-0.3, -0.25) is 4.79 Å². The summed E-state index contributed by atoms with van der Waals surface area (Å²) in [5.74, 6) is 1.63. The van der Waals surface area contributed by atoms with Gasteiger partial charge in [0.25, 0.3) is 5.91 Å². The Bertz CT molecular complexity index is 402. The molecule has 0 aromatic heterocycles. The Morgan fingerprint density at radius 2 is 2.11 bits per heavy atom. The van der Waals surface area contributed by atoms with Gasteiger partial charge in [0, 0.05) is 6.54 Å². The molecule has 0 unspecified atom stereocenters. The standard InChI is InChI=1S/C14H20NO3/c1-10(2)8-11-4-5-12(13(9-11)18-3)14(17)15-6-7-16/h4-5,9,16H,6-8H2,1-3H3,(H,15,17). The fourth-order valence-electron chi connectivity index (χ4n) is 1.71. The quantitative estimate of drug-likeness (QED) is 0.805. The Hall–Kier alpha value is -1.55. The number of hydrogen-bond acceptors (Lipinski definition) is 3. The molecule has 18 heavy (non-hydrogen) atoms. The summed E-state index contributed by atoms with van der Waals surface area (Å²) in [4.78, 5) is 11.8. The summed E-state index contributed by atoms with van der Waals surface area (Å²) < 4.78 is 5.24. The van der Waals surface area contributed by atoms with Gasteiger partial charge in [-0.15, -0.1) is 0 Å². The molecule has 0 atom stereocenters. The van der Waals surface area contributed by atoms with Gasteiger partial charge in [0.2, 0.25) is 0 Å². The van der Waals surface area contributed by atoms with E-state index in [1.165, 1.54) is 5.92 Å². The third-order valence-corrected chi connectivity index (χ3v) is 2.47. The van der Waals surface area contributed by atoms with Crippen LogP contribution in [0.25, 0.3) is 0 Å². The first kappa shape index (κ1) is 14.5. The monoisotopic (exact) mass is 250 g/mol. The van der Waals surface area contributed by atoms with E-state index in [-0.39, 0.29) is 19.1 Å². The maximum absolute atomic E-state index is 11.8. The lowest BCUT2D eigenvalue weighted by Gasteiger charge is -2.11. The molecule has 0 heterocycles. The highest BCUT2D eigenvalue weighted by Crippen LogP contribution is 2.22. The van der Waals surface area contributed by atoms with Gasteiger partial charge >= 0.3 is 0 Å². The number of aliphatic hydroxyl groups is 1. The SMILES string of the molecule is COc1cc(C[C](C)C)ccc1C(=O)NCCO. The number of amides is 1. The largest absolute Gasteiger partial charge is 0.496 e. The van der Waals surface area contributed by atoms with E-state index in [1.54, 1.807) is 13.2 Å². The molecule has 1 amide bonds. The number of benzene rings is 1. The third-order valence-electron chi connectivity index (χ3n) is 2.47. The predicted octanol–water partition coefficient (Wildman–Crippen LogP) is 1.57. The van der Waals surface area contributed by atoms with Crippen molar-refractivity contribution in [2.45, 2.75) is 20.3 Å². The van der Waals surface area contributed by atoms with Gasteiger partial charge in [-0.25, -0.2) is 0 Å². The van der Waals surface area contributed by atoms with E-state index in [2.05, 4.69) is 19.2 Å². The van der Waals surface area contributed by atoms with E-state index >= 15 is 0 Å². The highest BCUT2D eigenvalue weighted by atomic mass is 16.5. The minimum Gasteiger partial charge on any atom is -0.496 e. The molecule has 1 aromatic rings. The molecule has 0 aliphatic carbocycles. The molecule has 0 aliphatic heterocycles. The molecule has 2 N–H and O–H groups in total. The summed E-state index contributed by atoms with van der Waals surface area (Å²) in [6.07, 6.45) is 0.870. The van der Waals surface area contributed by atoms with Crippen LogP contribution in [-0.2, 0) is 6.42 Å². The number of hydrogen-bond donors (Lipinski definition) is 2. The molecular weight excluding hydrogens is 230 g/mol. The zero-order valence-electron chi connectivity index (χ0n) is 11.1. The van der Waals surface area contributed by atoms with Crippen molar-refractivity contribution in [1.29, 1.82) is 0 Å². The lowest BCUT2D eigenvalue weighted by atomic mass is 10.0. The summed E-state index contributed by atoms with van der Waals surface area (Å²) in [5, 5.41) is 11.3. The van der Waals surface area contributed by atoms with E-state index < -0.39 is 0 Å². The normalized spacial score (nSPS) is 10.5. The van der Waals surface area contributed by atoms with Crippen molar-refractivity contribution in [2.24, 2.45) is 0 Å². The van der Waals surface area contributed by atoms with Crippen LogP contribution in [0, 0.1) is 5.92 Å². The van der Waals surface area contributed by atoms with E-state index in [4.69, 9.17) is 9.84 Å². The number of ether oxygens (including phenoxy) is 1. The molecule has 1 radical (unpaired) electrons. The van der Waals surface area contributed by atoms with E-state index in [9.17, 15) is 4.79 Å². The molecule has 0 aliphatic rings. The number of methoxy groups -OCH3 is 1. The van der Waals surface area contributed by atoms with E-state index in [0.29, 0.717) is 11.3 Å². The summed E-state index contributed by atoms with van der Waals surface area (Å²) in [6, 6.07) is 5.55. The molecule has 4 heteroatoms. The Balaban J connectivity index is 2.89. The molecule has 0 fully saturated rings. The van der Waals surface area contributed by atoms with Crippen LogP contribution in [0.1, 0.15) is 29.8 Å². The molecule has 1 aromatic carbocycles. The van der Waals surface area contributed by atoms with E-state index in [0.717, 1.165) is 12.0 Å². The molecule has 0 saturated heterocycles. The third kappa shape index (κ3) is 4.04. The predicted molar refractivity (Wildman–Crippen MR) is 70.7 cm³/mol. The lowest BCUT2D eigenvalue weighted by Crippen LogP contribution is -2.26. The van der Waals surface area contributed by atoms with Gasteiger partial charge in [0.1, 0.15) is 5.75 Å². The zero-order chi connectivity index (χ0) is 13.5. The molecule has 99 valence electrons. The molecule has 1 rings (SSSR count). The summed E-state index contributed by atoms with van der Waals surface area (Å²) >= 11 is 0. The van der Waals surface area contributed by atoms with E-state index in [1.807, 2.05) is 12.1 Å². The summed E-state index contributed by atoms with van der Waals surface area (Å²) in [5.41, 5.74) is 1.61. The Morgan fingerprint density at radius 1 is 1.39 bits per heavy atom. The average molecular weight is 250 g/mol. The fourth-order valence-corrected chi connectivity index (χ4v) is 1.71. The molecule has 0 bridgehead atoms. The van der Waals surface area contributed by atoms with Crippen molar-refractivity contribution >= 4 is 5.91 Å². The average Bonchev–Trinajstić information content (AvgIpc) is 2.35. The van der Waals surface area contributed by atoms with Gasteiger partial charge in [-0.2, -0.15) is 0 Å². The van der Waals surface area contributed by atoms with Crippen LogP contribution in [-0.4, -0.2) is 31.3 Å². The van der Waals surface area contributed by atoms with Gasteiger partial charge in [-0.1, -0.05) is 19.9 Å². The smallest absolute Gasteiger partial charge is 0.255 e.